The van der Waals surface area contributed by atoms with Gasteiger partial charge in [0.05, 0.1) is 4.90 Å². The van der Waals surface area contributed by atoms with Gasteiger partial charge in [-0.25, -0.2) is 13.1 Å². The molecule has 1 saturated heterocycles. The first-order chi connectivity index (χ1) is 15.0. The Morgan fingerprint density at radius 3 is 2.48 bits per heavy atom. The van der Waals surface area contributed by atoms with Crippen LogP contribution in [0.3, 0.4) is 0 Å². The van der Waals surface area contributed by atoms with E-state index >= 15 is 0 Å². The number of para-hydroxylation sites is 1. The van der Waals surface area contributed by atoms with E-state index in [1.165, 1.54) is 12.1 Å². The molecule has 1 amide bonds. The maximum absolute atomic E-state index is 12.7. The number of carbonyl (C=O) groups excluding carboxylic acids is 1. The monoisotopic (exact) mass is 446 g/mol. The quantitative estimate of drug-likeness (QED) is 0.700. The highest BCUT2D eigenvalue weighted by Gasteiger charge is 2.25. The van der Waals surface area contributed by atoms with Gasteiger partial charge in [0.2, 0.25) is 10.0 Å². The third kappa shape index (κ3) is 5.48. The van der Waals surface area contributed by atoms with Crippen LogP contribution in [0.5, 0.6) is 17.2 Å². The van der Waals surface area contributed by atoms with Crippen molar-refractivity contribution in [3.05, 3.63) is 48.5 Å². The number of piperidine rings is 1. The van der Waals surface area contributed by atoms with E-state index in [0.717, 1.165) is 12.8 Å². The Kier molecular flexibility index (Phi) is 6.62. The Labute approximate surface area is 182 Å². The first kappa shape index (κ1) is 21.5. The molecule has 0 aromatic heterocycles. The summed E-state index contributed by atoms with van der Waals surface area (Å²) in [5.41, 5.74) is 0. The second kappa shape index (κ2) is 9.57. The van der Waals surface area contributed by atoms with Crippen LogP contribution in [-0.2, 0) is 14.8 Å². The SMILES string of the molecule is O=C(COc1ccccc1)N1CCC(CNS(=O)(=O)c2ccc3c(c2)OCCO3)CC1. The minimum absolute atomic E-state index is 0.00538. The molecule has 2 aliphatic heterocycles. The predicted octanol–water partition coefficient (Wildman–Crippen LogP) is 2.05. The number of nitrogens with one attached hydrogen (secondary N) is 1. The molecule has 0 saturated carbocycles. The van der Waals surface area contributed by atoms with Gasteiger partial charge in [-0.05, 0) is 43.0 Å². The fourth-order valence-corrected chi connectivity index (χ4v) is 4.77. The van der Waals surface area contributed by atoms with Crippen LogP contribution in [0.25, 0.3) is 0 Å². The molecule has 4 rings (SSSR count). The summed E-state index contributed by atoms with van der Waals surface area (Å²) >= 11 is 0. The van der Waals surface area contributed by atoms with Crippen LogP contribution in [0.2, 0.25) is 0 Å². The number of likely N-dealkylation sites (tertiary alicyclic amines) is 1. The van der Waals surface area contributed by atoms with Crippen molar-refractivity contribution in [1.29, 1.82) is 0 Å². The number of benzene rings is 2. The largest absolute Gasteiger partial charge is 0.486 e. The number of hydrogen-bond donors (Lipinski definition) is 1. The lowest BCUT2D eigenvalue weighted by atomic mass is 9.97. The van der Waals surface area contributed by atoms with Crippen molar-refractivity contribution >= 4 is 15.9 Å². The van der Waals surface area contributed by atoms with E-state index < -0.39 is 10.0 Å². The number of fused-ring (bicyclic) bond motifs is 1. The van der Waals surface area contributed by atoms with E-state index in [2.05, 4.69) is 4.72 Å². The molecule has 0 bridgehead atoms. The highest BCUT2D eigenvalue weighted by atomic mass is 32.2. The summed E-state index contributed by atoms with van der Waals surface area (Å²) in [7, 11) is -3.65. The van der Waals surface area contributed by atoms with Gasteiger partial charge in [0, 0.05) is 25.7 Å². The normalized spacial score (nSPS) is 16.7. The van der Waals surface area contributed by atoms with Gasteiger partial charge in [-0.1, -0.05) is 18.2 Å². The first-order valence-corrected chi connectivity index (χ1v) is 11.8. The van der Waals surface area contributed by atoms with E-state index in [0.29, 0.717) is 50.1 Å². The Bertz CT molecular complexity index is 1000. The zero-order valence-electron chi connectivity index (χ0n) is 17.2. The molecule has 1 fully saturated rings. The van der Waals surface area contributed by atoms with Crippen LogP contribution >= 0.6 is 0 Å². The van der Waals surface area contributed by atoms with E-state index in [-0.39, 0.29) is 23.3 Å². The summed E-state index contributed by atoms with van der Waals surface area (Å²) in [4.78, 5) is 14.3. The Morgan fingerprint density at radius 2 is 1.74 bits per heavy atom. The van der Waals surface area contributed by atoms with Crippen LogP contribution in [0, 0.1) is 5.92 Å². The van der Waals surface area contributed by atoms with Gasteiger partial charge in [-0.15, -0.1) is 0 Å². The summed E-state index contributed by atoms with van der Waals surface area (Å²) in [5, 5.41) is 0. The van der Waals surface area contributed by atoms with Gasteiger partial charge in [-0.3, -0.25) is 4.79 Å². The van der Waals surface area contributed by atoms with E-state index in [9.17, 15) is 13.2 Å². The van der Waals surface area contributed by atoms with Crippen LogP contribution in [-0.4, -0.2) is 58.7 Å². The average molecular weight is 447 g/mol. The molecule has 2 aromatic carbocycles. The molecule has 0 unspecified atom stereocenters. The third-order valence-corrected chi connectivity index (χ3v) is 6.88. The van der Waals surface area contributed by atoms with Crippen LogP contribution in [0.1, 0.15) is 12.8 Å². The van der Waals surface area contributed by atoms with Crippen LogP contribution in [0.15, 0.2) is 53.4 Å². The summed E-state index contributed by atoms with van der Waals surface area (Å²) in [6.45, 7) is 2.38. The molecule has 9 heteroatoms. The Hall–Kier alpha value is -2.78. The molecular weight excluding hydrogens is 420 g/mol. The zero-order valence-corrected chi connectivity index (χ0v) is 18.0. The number of ether oxygens (including phenoxy) is 3. The second-order valence-electron chi connectivity index (χ2n) is 7.58. The van der Waals surface area contributed by atoms with E-state index in [4.69, 9.17) is 14.2 Å². The van der Waals surface area contributed by atoms with Crippen molar-refractivity contribution in [1.82, 2.24) is 9.62 Å². The number of hydrogen-bond acceptors (Lipinski definition) is 6. The van der Waals surface area contributed by atoms with Gasteiger partial charge in [0.15, 0.2) is 18.1 Å². The van der Waals surface area contributed by atoms with Crippen molar-refractivity contribution in [2.75, 3.05) is 39.5 Å². The molecule has 31 heavy (non-hydrogen) atoms. The van der Waals surface area contributed by atoms with Crippen molar-refractivity contribution in [2.45, 2.75) is 17.7 Å². The zero-order chi connectivity index (χ0) is 21.7. The highest BCUT2D eigenvalue weighted by Crippen LogP contribution is 2.32. The average Bonchev–Trinajstić information content (AvgIpc) is 2.82. The summed E-state index contributed by atoms with van der Waals surface area (Å²) < 4.78 is 44.5. The fourth-order valence-electron chi connectivity index (χ4n) is 3.64. The highest BCUT2D eigenvalue weighted by molar-refractivity contribution is 7.89. The number of carbonyl (C=O) groups is 1. The number of sulfonamides is 1. The van der Waals surface area contributed by atoms with Gasteiger partial charge in [0.25, 0.3) is 5.91 Å². The molecule has 166 valence electrons. The molecule has 1 N–H and O–H groups in total. The lowest BCUT2D eigenvalue weighted by Crippen LogP contribution is -2.43. The summed E-state index contributed by atoms with van der Waals surface area (Å²) in [6, 6.07) is 13.9. The standard InChI is InChI=1S/C22H26N2O6S/c25-22(16-30-18-4-2-1-3-5-18)24-10-8-17(9-11-24)15-23-31(26,27)19-6-7-20-21(14-19)29-13-12-28-20/h1-7,14,17,23H,8-13,15-16H2. The molecule has 0 atom stereocenters. The molecule has 0 spiro atoms. The maximum atomic E-state index is 12.7. The predicted molar refractivity (Wildman–Crippen MR) is 114 cm³/mol. The van der Waals surface area contributed by atoms with E-state index in [1.54, 1.807) is 11.0 Å². The third-order valence-electron chi connectivity index (χ3n) is 5.46. The second-order valence-corrected chi connectivity index (χ2v) is 9.35. The minimum atomic E-state index is -3.65. The van der Waals surface area contributed by atoms with Crippen molar-refractivity contribution in [3.63, 3.8) is 0 Å². The Balaban J connectivity index is 1.24. The van der Waals surface area contributed by atoms with Crippen molar-refractivity contribution in [3.8, 4) is 17.2 Å². The van der Waals surface area contributed by atoms with Crippen molar-refractivity contribution < 1.29 is 27.4 Å². The topological polar surface area (TPSA) is 94.2 Å². The molecular formula is C22H26N2O6S. The maximum Gasteiger partial charge on any atom is 0.260 e. The summed E-state index contributed by atoms with van der Waals surface area (Å²) in [6.07, 6.45) is 1.47. The van der Waals surface area contributed by atoms with Gasteiger partial charge in [0.1, 0.15) is 19.0 Å². The molecule has 0 radical (unpaired) electrons. The van der Waals surface area contributed by atoms with E-state index in [1.807, 2.05) is 30.3 Å². The van der Waals surface area contributed by atoms with Gasteiger partial charge >= 0.3 is 0 Å². The minimum Gasteiger partial charge on any atom is -0.486 e. The Morgan fingerprint density at radius 1 is 1.03 bits per heavy atom. The molecule has 2 aromatic rings. The first-order valence-electron chi connectivity index (χ1n) is 10.4. The lowest BCUT2D eigenvalue weighted by Gasteiger charge is -2.32. The molecule has 2 heterocycles. The lowest BCUT2D eigenvalue weighted by molar-refractivity contribution is -0.134. The van der Waals surface area contributed by atoms with Gasteiger partial charge in [-0.2, -0.15) is 0 Å². The molecule has 0 aliphatic carbocycles. The molecule has 8 nitrogen and oxygen atoms in total. The number of amides is 1. The number of nitrogens with zero attached hydrogens (tertiary/aromatic N) is 1. The van der Waals surface area contributed by atoms with Crippen molar-refractivity contribution in [2.24, 2.45) is 5.92 Å². The van der Waals surface area contributed by atoms with Gasteiger partial charge < -0.3 is 19.1 Å². The smallest absolute Gasteiger partial charge is 0.260 e. The number of rotatable bonds is 7. The summed E-state index contributed by atoms with van der Waals surface area (Å²) in [5.74, 6) is 1.78. The fraction of sp³-hybridized carbons (Fsp3) is 0.409. The molecule has 2 aliphatic rings. The van der Waals surface area contributed by atoms with Crippen LogP contribution in [0.4, 0.5) is 0 Å². The van der Waals surface area contributed by atoms with Crippen LogP contribution < -0.4 is 18.9 Å².